The van der Waals surface area contributed by atoms with Crippen LogP contribution in [-0.2, 0) is 0 Å². The molecule has 3 aromatic rings. The van der Waals surface area contributed by atoms with Crippen LogP contribution in [-0.4, -0.2) is 6.61 Å². The molecule has 0 spiro atoms. The molecule has 0 atom stereocenters. The predicted molar refractivity (Wildman–Crippen MR) is 156 cm³/mol. The average Bonchev–Trinajstić information content (AvgIpc) is 2.95. The topological polar surface area (TPSA) is 9.23 Å². The van der Waals surface area contributed by atoms with Gasteiger partial charge in [0.15, 0.2) is 23.2 Å². The monoisotopic (exact) mass is 534 g/mol. The number of halogens is 3. The lowest BCUT2D eigenvalue weighted by Crippen LogP contribution is -2.12. The van der Waals surface area contributed by atoms with Crippen LogP contribution in [0, 0.1) is 30.3 Å². The largest absolute Gasteiger partial charge is 0.491 e. The fourth-order valence-electron chi connectivity index (χ4n) is 5.49. The third-order valence-electron chi connectivity index (χ3n) is 7.98. The Kier molecular flexibility index (Phi) is 10.7. The van der Waals surface area contributed by atoms with Gasteiger partial charge in [-0.15, -0.1) is 0 Å². The predicted octanol–water partition coefficient (Wildman–Crippen LogP) is 10.8. The Labute approximate surface area is 232 Å². The van der Waals surface area contributed by atoms with Gasteiger partial charge in [0.05, 0.1) is 6.61 Å². The van der Waals surface area contributed by atoms with Gasteiger partial charge in [-0.25, -0.2) is 13.2 Å². The zero-order chi connectivity index (χ0) is 27.6. The van der Waals surface area contributed by atoms with Gasteiger partial charge in [-0.3, -0.25) is 0 Å². The van der Waals surface area contributed by atoms with Crippen LogP contribution in [0.2, 0.25) is 0 Å². The van der Waals surface area contributed by atoms with Gasteiger partial charge in [0.25, 0.3) is 0 Å². The molecular weight excluding hydrogens is 493 g/mol. The highest BCUT2D eigenvalue weighted by Crippen LogP contribution is 2.38. The summed E-state index contributed by atoms with van der Waals surface area (Å²) in [4.78, 5) is 0. The van der Waals surface area contributed by atoms with E-state index in [0.717, 1.165) is 49.7 Å². The molecule has 0 unspecified atom stereocenters. The third kappa shape index (κ3) is 8.00. The van der Waals surface area contributed by atoms with Crippen molar-refractivity contribution in [2.75, 3.05) is 6.61 Å². The van der Waals surface area contributed by atoms with Crippen LogP contribution in [0.15, 0.2) is 60.7 Å². The molecule has 1 saturated carbocycles. The van der Waals surface area contributed by atoms with Crippen LogP contribution in [0.4, 0.5) is 13.2 Å². The molecule has 3 aromatic carbocycles. The summed E-state index contributed by atoms with van der Waals surface area (Å²) in [5, 5.41) is 0. The number of allylic oxidation sites excluding steroid dienone is 1. The molecule has 0 aliphatic heterocycles. The van der Waals surface area contributed by atoms with Gasteiger partial charge in [0, 0.05) is 11.1 Å². The molecular formula is C35H41F3O. The number of hydrogen-bond donors (Lipinski definition) is 0. The first kappa shape index (κ1) is 29.0. The van der Waals surface area contributed by atoms with Crippen molar-refractivity contribution in [1.29, 1.82) is 0 Å². The second-order valence-electron chi connectivity index (χ2n) is 11.0. The summed E-state index contributed by atoms with van der Waals surface area (Å²) in [6, 6.07) is 16.1. The quantitative estimate of drug-likeness (QED) is 0.210. The van der Waals surface area contributed by atoms with Gasteiger partial charge in [-0.1, -0.05) is 99.2 Å². The minimum atomic E-state index is -0.814. The normalized spacial score (nSPS) is 17.6. The van der Waals surface area contributed by atoms with E-state index in [0.29, 0.717) is 29.8 Å². The van der Waals surface area contributed by atoms with E-state index in [1.54, 1.807) is 30.3 Å². The molecule has 208 valence electrons. The van der Waals surface area contributed by atoms with Gasteiger partial charge in [-0.2, -0.15) is 0 Å². The molecule has 39 heavy (non-hydrogen) atoms. The first-order valence-corrected chi connectivity index (χ1v) is 14.6. The molecule has 1 aliphatic rings. The fourth-order valence-corrected chi connectivity index (χ4v) is 5.49. The third-order valence-corrected chi connectivity index (χ3v) is 7.98. The summed E-state index contributed by atoms with van der Waals surface area (Å²) in [7, 11) is 0. The van der Waals surface area contributed by atoms with Crippen LogP contribution in [0.3, 0.4) is 0 Å². The van der Waals surface area contributed by atoms with E-state index in [4.69, 9.17) is 4.74 Å². The lowest BCUT2D eigenvalue weighted by Gasteiger charge is -2.27. The Morgan fingerprint density at radius 1 is 0.795 bits per heavy atom. The lowest BCUT2D eigenvalue weighted by atomic mass is 9.78. The van der Waals surface area contributed by atoms with Gasteiger partial charge >= 0.3 is 0 Å². The van der Waals surface area contributed by atoms with Crippen molar-refractivity contribution < 1.29 is 17.9 Å². The fraction of sp³-hybridized carbons (Fsp3) is 0.429. The zero-order valence-electron chi connectivity index (χ0n) is 23.3. The number of ether oxygens (including phenoxy) is 1. The van der Waals surface area contributed by atoms with E-state index in [1.165, 1.54) is 25.7 Å². The second-order valence-corrected chi connectivity index (χ2v) is 11.0. The van der Waals surface area contributed by atoms with Crippen molar-refractivity contribution in [2.24, 2.45) is 5.92 Å². The summed E-state index contributed by atoms with van der Waals surface area (Å²) in [6.07, 6.45) is 14.5. The molecule has 0 bridgehead atoms. The molecule has 0 radical (unpaired) electrons. The van der Waals surface area contributed by atoms with Crippen LogP contribution < -0.4 is 4.74 Å². The summed E-state index contributed by atoms with van der Waals surface area (Å²) >= 11 is 0. The number of aryl methyl sites for hydroxylation is 1. The Balaban J connectivity index is 1.27. The first-order chi connectivity index (χ1) is 19.0. The smallest absolute Gasteiger partial charge is 0.167 e. The first-order valence-electron chi connectivity index (χ1n) is 14.6. The number of benzene rings is 3. The molecule has 4 heteroatoms. The molecule has 0 heterocycles. The molecule has 0 aromatic heterocycles. The van der Waals surface area contributed by atoms with Crippen molar-refractivity contribution >= 4 is 6.08 Å². The van der Waals surface area contributed by atoms with E-state index >= 15 is 0 Å². The Morgan fingerprint density at radius 3 is 2.23 bits per heavy atom. The minimum Gasteiger partial charge on any atom is -0.491 e. The Bertz CT molecular complexity index is 1220. The second kappa shape index (κ2) is 14.4. The van der Waals surface area contributed by atoms with E-state index in [2.05, 4.69) is 6.92 Å². The maximum absolute atomic E-state index is 14.8. The highest BCUT2D eigenvalue weighted by Gasteiger charge is 2.22. The molecule has 0 amide bonds. The molecule has 4 rings (SSSR count). The van der Waals surface area contributed by atoms with Crippen LogP contribution in [0.1, 0.15) is 93.7 Å². The van der Waals surface area contributed by atoms with Gasteiger partial charge in [0.1, 0.15) is 0 Å². The van der Waals surface area contributed by atoms with E-state index in [9.17, 15) is 13.2 Å². The van der Waals surface area contributed by atoms with E-state index in [1.807, 2.05) is 43.3 Å². The maximum atomic E-state index is 14.8. The zero-order valence-corrected chi connectivity index (χ0v) is 23.3. The van der Waals surface area contributed by atoms with Crippen molar-refractivity contribution in [1.82, 2.24) is 0 Å². The van der Waals surface area contributed by atoms with Gasteiger partial charge in [0.2, 0.25) is 0 Å². The minimum absolute atomic E-state index is 0.268. The summed E-state index contributed by atoms with van der Waals surface area (Å²) in [5.74, 6) is -0.970. The van der Waals surface area contributed by atoms with Gasteiger partial charge in [-0.05, 0) is 74.1 Å². The van der Waals surface area contributed by atoms with Crippen LogP contribution in [0.25, 0.3) is 17.2 Å². The standard InChI is InChI=1S/C35H41F3O/c1-3-4-5-6-7-8-23-39-33-22-20-30(24-32(33)36)27-16-11-26(12-17-27)13-18-29-19-21-31(35(38)34(29)37)28-14-9-25(2)10-15-28/h9-10,13-15,18-22,24,26-27H,3-8,11-12,16-17,23H2,1-2H3/b18-13+. The summed E-state index contributed by atoms with van der Waals surface area (Å²) in [5.41, 5.74) is 3.30. The molecule has 0 saturated heterocycles. The molecule has 1 fully saturated rings. The highest BCUT2D eigenvalue weighted by atomic mass is 19.2. The maximum Gasteiger partial charge on any atom is 0.167 e. The number of unbranched alkanes of at least 4 members (excludes halogenated alkanes) is 5. The summed E-state index contributed by atoms with van der Waals surface area (Å²) < 4.78 is 50.0. The van der Waals surface area contributed by atoms with Crippen LogP contribution in [0.5, 0.6) is 5.75 Å². The number of rotatable bonds is 12. The van der Waals surface area contributed by atoms with E-state index in [-0.39, 0.29) is 16.9 Å². The lowest BCUT2D eigenvalue weighted by molar-refractivity contribution is 0.289. The van der Waals surface area contributed by atoms with Crippen molar-refractivity contribution in [3.05, 3.63) is 94.8 Å². The van der Waals surface area contributed by atoms with Gasteiger partial charge < -0.3 is 4.74 Å². The Morgan fingerprint density at radius 2 is 1.51 bits per heavy atom. The van der Waals surface area contributed by atoms with Crippen molar-refractivity contribution in [3.8, 4) is 16.9 Å². The van der Waals surface area contributed by atoms with Crippen molar-refractivity contribution in [3.63, 3.8) is 0 Å². The molecule has 1 aliphatic carbocycles. The molecule has 1 nitrogen and oxygen atoms in total. The van der Waals surface area contributed by atoms with E-state index < -0.39 is 11.6 Å². The average molecular weight is 535 g/mol. The highest BCUT2D eigenvalue weighted by molar-refractivity contribution is 5.67. The van der Waals surface area contributed by atoms with Crippen LogP contribution >= 0.6 is 0 Å². The molecule has 0 N–H and O–H groups in total. The summed E-state index contributed by atoms with van der Waals surface area (Å²) in [6.45, 7) is 4.72. The Hall–Kier alpha value is -3.01. The SMILES string of the molecule is CCCCCCCCOc1ccc(C2CCC(/C=C/c3ccc(-c4ccc(C)cc4)c(F)c3F)CC2)cc1F. The van der Waals surface area contributed by atoms with Crippen molar-refractivity contribution in [2.45, 2.75) is 84.0 Å². The number of hydrogen-bond acceptors (Lipinski definition) is 1.